The first-order chi connectivity index (χ1) is 10.3. The van der Waals surface area contributed by atoms with Gasteiger partial charge in [-0.05, 0) is 43.4 Å². The van der Waals surface area contributed by atoms with Crippen LogP contribution in [-0.4, -0.2) is 33.9 Å². The molecule has 2 heterocycles. The van der Waals surface area contributed by atoms with Gasteiger partial charge in [0, 0.05) is 24.4 Å². The Morgan fingerprint density at radius 1 is 1.38 bits per heavy atom. The van der Waals surface area contributed by atoms with Crippen LogP contribution >= 0.6 is 11.8 Å². The predicted octanol–water partition coefficient (Wildman–Crippen LogP) is 3.33. The van der Waals surface area contributed by atoms with Crippen molar-refractivity contribution in [1.82, 2.24) is 15.1 Å². The van der Waals surface area contributed by atoms with Crippen LogP contribution < -0.4 is 5.32 Å². The van der Waals surface area contributed by atoms with Crippen LogP contribution in [-0.2, 0) is 13.0 Å². The van der Waals surface area contributed by atoms with Crippen molar-refractivity contribution in [2.45, 2.75) is 39.3 Å². The molecule has 1 aromatic carbocycles. The van der Waals surface area contributed by atoms with Crippen molar-refractivity contribution >= 4 is 22.7 Å². The number of thioether (sulfide) groups is 1. The van der Waals surface area contributed by atoms with E-state index < -0.39 is 0 Å². The molecule has 1 aliphatic rings. The Bertz CT molecular complexity index is 587. The summed E-state index contributed by atoms with van der Waals surface area (Å²) in [5.74, 6) is 3.40. The van der Waals surface area contributed by atoms with E-state index >= 15 is 0 Å². The van der Waals surface area contributed by atoms with E-state index in [1.807, 2.05) is 0 Å². The molecule has 1 saturated heterocycles. The van der Waals surface area contributed by atoms with Gasteiger partial charge in [0.2, 0.25) is 0 Å². The highest BCUT2D eigenvalue weighted by atomic mass is 32.2. The highest BCUT2D eigenvalue weighted by molar-refractivity contribution is 7.99. The van der Waals surface area contributed by atoms with Crippen molar-refractivity contribution in [3.63, 3.8) is 0 Å². The summed E-state index contributed by atoms with van der Waals surface area (Å²) >= 11 is 2.09. The minimum Gasteiger partial charge on any atom is -0.314 e. The van der Waals surface area contributed by atoms with Gasteiger partial charge in [0.15, 0.2) is 0 Å². The Morgan fingerprint density at radius 3 is 2.95 bits per heavy atom. The highest BCUT2D eigenvalue weighted by Crippen LogP contribution is 2.29. The number of aromatic nitrogens is 2. The lowest BCUT2D eigenvalue weighted by Crippen LogP contribution is -2.38. The molecule has 3 rings (SSSR count). The summed E-state index contributed by atoms with van der Waals surface area (Å²) in [6.07, 6.45) is 2.39. The van der Waals surface area contributed by atoms with Crippen molar-refractivity contribution in [3.8, 4) is 0 Å². The topological polar surface area (TPSA) is 29.9 Å². The van der Waals surface area contributed by atoms with Gasteiger partial charge in [0.25, 0.3) is 0 Å². The van der Waals surface area contributed by atoms with E-state index in [2.05, 4.69) is 59.9 Å². The maximum absolute atomic E-state index is 4.87. The molecule has 0 saturated carbocycles. The average Bonchev–Trinajstić information content (AvgIpc) is 3.15. The van der Waals surface area contributed by atoms with Gasteiger partial charge in [0.05, 0.1) is 11.2 Å². The van der Waals surface area contributed by atoms with Crippen LogP contribution in [0.15, 0.2) is 24.3 Å². The van der Waals surface area contributed by atoms with Gasteiger partial charge in [-0.1, -0.05) is 25.1 Å². The number of hydrogen-bond donors (Lipinski definition) is 1. The Kier molecular flexibility index (Phi) is 4.86. The summed E-state index contributed by atoms with van der Waals surface area (Å²) in [4.78, 5) is 0. The van der Waals surface area contributed by atoms with Gasteiger partial charge in [-0.3, -0.25) is 4.68 Å². The first-order valence-corrected chi connectivity index (χ1v) is 9.24. The fourth-order valence-corrected chi connectivity index (χ4v) is 4.67. The third kappa shape index (κ3) is 3.11. The summed E-state index contributed by atoms with van der Waals surface area (Å²) in [6, 6.07) is 9.20. The third-order valence-corrected chi connectivity index (χ3v) is 5.64. The van der Waals surface area contributed by atoms with Gasteiger partial charge in [0.1, 0.15) is 0 Å². The third-order valence-electron chi connectivity index (χ3n) is 4.45. The first kappa shape index (κ1) is 14.9. The Hall–Kier alpha value is -1.00. The van der Waals surface area contributed by atoms with Gasteiger partial charge in [-0.25, -0.2) is 0 Å². The molecular weight excluding hydrogens is 278 g/mol. The molecule has 0 aliphatic carbocycles. The second kappa shape index (κ2) is 6.84. The largest absolute Gasteiger partial charge is 0.314 e. The van der Waals surface area contributed by atoms with Crippen LogP contribution in [0.3, 0.4) is 0 Å². The number of likely N-dealkylation sites (N-methyl/N-ethyl adjacent to an activating group) is 1. The van der Waals surface area contributed by atoms with Gasteiger partial charge < -0.3 is 5.32 Å². The van der Waals surface area contributed by atoms with E-state index in [0.29, 0.717) is 6.04 Å². The van der Waals surface area contributed by atoms with E-state index in [4.69, 9.17) is 5.10 Å². The minimum atomic E-state index is 0.564. The molecule has 0 spiro atoms. The van der Waals surface area contributed by atoms with Crippen molar-refractivity contribution in [2.24, 2.45) is 5.92 Å². The summed E-state index contributed by atoms with van der Waals surface area (Å²) in [5, 5.41) is 9.90. The second-order valence-corrected chi connectivity index (χ2v) is 6.92. The Morgan fingerprint density at radius 2 is 2.24 bits per heavy atom. The van der Waals surface area contributed by atoms with Crippen LogP contribution in [0.4, 0.5) is 0 Å². The number of hydrogen-bond acceptors (Lipinski definition) is 3. The summed E-state index contributed by atoms with van der Waals surface area (Å²) in [6.45, 7) is 6.35. The maximum atomic E-state index is 4.87. The molecule has 1 fully saturated rings. The number of nitrogens with zero attached hydrogens (tertiary/aromatic N) is 2. The van der Waals surface area contributed by atoms with E-state index in [1.165, 1.54) is 34.5 Å². The van der Waals surface area contributed by atoms with Crippen molar-refractivity contribution < 1.29 is 0 Å². The molecule has 2 unspecified atom stereocenters. The zero-order valence-electron chi connectivity index (χ0n) is 13.0. The molecule has 1 N–H and O–H groups in total. The van der Waals surface area contributed by atoms with Gasteiger partial charge in [-0.2, -0.15) is 16.9 Å². The molecule has 0 radical (unpaired) electrons. The van der Waals surface area contributed by atoms with E-state index in [-0.39, 0.29) is 0 Å². The van der Waals surface area contributed by atoms with E-state index in [0.717, 1.165) is 25.4 Å². The molecule has 1 aliphatic heterocycles. The normalized spacial score (nSPS) is 20.2. The van der Waals surface area contributed by atoms with Crippen molar-refractivity contribution in [2.75, 3.05) is 18.1 Å². The van der Waals surface area contributed by atoms with Crippen LogP contribution in [0, 0.1) is 5.92 Å². The number of para-hydroxylation sites is 1. The fourth-order valence-electron chi connectivity index (χ4n) is 3.33. The molecular formula is C17H25N3S. The molecule has 2 atom stereocenters. The number of rotatable bonds is 6. The lowest BCUT2D eigenvalue weighted by Gasteiger charge is -2.23. The standard InChI is InChI=1S/C17H25N3S/c1-3-18-15(13-9-10-21-12-13)11-16-14-7-5-6-8-17(14)20(4-2)19-16/h5-8,13,15,18H,3-4,9-12H2,1-2H3. The number of aryl methyl sites for hydroxylation is 1. The van der Waals surface area contributed by atoms with E-state index in [1.54, 1.807) is 0 Å². The summed E-state index contributed by atoms with van der Waals surface area (Å²) in [5.41, 5.74) is 2.53. The van der Waals surface area contributed by atoms with E-state index in [9.17, 15) is 0 Å². The van der Waals surface area contributed by atoms with Crippen molar-refractivity contribution in [3.05, 3.63) is 30.0 Å². The molecule has 1 aromatic heterocycles. The zero-order chi connectivity index (χ0) is 14.7. The van der Waals surface area contributed by atoms with Crippen LogP contribution in [0.2, 0.25) is 0 Å². The molecule has 0 amide bonds. The quantitative estimate of drug-likeness (QED) is 0.888. The van der Waals surface area contributed by atoms with Crippen LogP contribution in [0.25, 0.3) is 10.9 Å². The number of nitrogens with one attached hydrogen (secondary N) is 1. The second-order valence-electron chi connectivity index (χ2n) is 5.77. The number of benzene rings is 1. The molecule has 2 aromatic rings. The summed E-state index contributed by atoms with van der Waals surface area (Å²) in [7, 11) is 0. The maximum Gasteiger partial charge on any atom is 0.0718 e. The predicted molar refractivity (Wildman–Crippen MR) is 92.0 cm³/mol. The summed E-state index contributed by atoms with van der Waals surface area (Å²) < 4.78 is 2.14. The SMILES string of the molecule is CCNC(Cc1nn(CC)c2ccccc12)C1CCSC1. The van der Waals surface area contributed by atoms with Gasteiger partial charge in [-0.15, -0.1) is 0 Å². The molecule has 4 heteroatoms. The number of fused-ring (bicyclic) bond motifs is 1. The smallest absolute Gasteiger partial charge is 0.0718 e. The van der Waals surface area contributed by atoms with Gasteiger partial charge >= 0.3 is 0 Å². The molecule has 0 bridgehead atoms. The molecule has 3 nitrogen and oxygen atoms in total. The molecule has 114 valence electrons. The van der Waals surface area contributed by atoms with Crippen molar-refractivity contribution in [1.29, 1.82) is 0 Å². The zero-order valence-corrected chi connectivity index (χ0v) is 13.8. The lowest BCUT2D eigenvalue weighted by molar-refractivity contribution is 0.384. The fraction of sp³-hybridized carbons (Fsp3) is 0.588. The molecule has 21 heavy (non-hydrogen) atoms. The Balaban J connectivity index is 1.88. The van der Waals surface area contributed by atoms with Crippen LogP contribution in [0.5, 0.6) is 0 Å². The Labute approximate surface area is 131 Å². The van der Waals surface area contributed by atoms with Crippen LogP contribution in [0.1, 0.15) is 26.0 Å². The first-order valence-electron chi connectivity index (χ1n) is 8.09. The monoisotopic (exact) mass is 303 g/mol. The highest BCUT2D eigenvalue weighted by Gasteiger charge is 2.26. The lowest BCUT2D eigenvalue weighted by atomic mass is 9.94. The minimum absolute atomic E-state index is 0.564. The average molecular weight is 303 g/mol.